The number of ether oxygens (including phenoxy) is 1. The van der Waals surface area contributed by atoms with Crippen molar-refractivity contribution in [3.63, 3.8) is 0 Å². The predicted molar refractivity (Wildman–Crippen MR) is 76.1 cm³/mol. The van der Waals surface area contributed by atoms with Crippen molar-refractivity contribution in [3.05, 3.63) is 66.1 Å². The lowest BCUT2D eigenvalue weighted by Crippen LogP contribution is -1.99. The number of hydrogen-bond acceptors (Lipinski definition) is 3. The van der Waals surface area contributed by atoms with E-state index >= 15 is 0 Å². The molecule has 0 saturated carbocycles. The Balaban J connectivity index is 1.90. The van der Waals surface area contributed by atoms with Gasteiger partial charge in [-0.1, -0.05) is 6.07 Å². The molecule has 0 spiro atoms. The summed E-state index contributed by atoms with van der Waals surface area (Å²) in [5.41, 5.74) is 7.29. The van der Waals surface area contributed by atoms with Gasteiger partial charge in [-0.05, 0) is 48.5 Å². The third kappa shape index (κ3) is 2.60. The summed E-state index contributed by atoms with van der Waals surface area (Å²) >= 11 is 0. The largest absolute Gasteiger partial charge is 0.457 e. The standard InChI is InChI=1S/C16H13FN2O/c17-12-2-5-14(6-3-12)20-15-7-8-16-11(9-15)1-4-13(10-18)19-16/h1-9H,10,18H2. The smallest absolute Gasteiger partial charge is 0.128 e. The molecule has 20 heavy (non-hydrogen) atoms. The summed E-state index contributed by atoms with van der Waals surface area (Å²) < 4.78 is 18.5. The summed E-state index contributed by atoms with van der Waals surface area (Å²) in [6.45, 7) is 0.420. The summed E-state index contributed by atoms with van der Waals surface area (Å²) in [5, 5.41) is 0.974. The third-order valence-electron chi connectivity index (χ3n) is 2.98. The molecule has 0 amide bonds. The molecule has 2 N–H and O–H groups in total. The van der Waals surface area contributed by atoms with Crippen LogP contribution in [0.1, 0.15) is 5.69 Å². The molecule has 3 rings (SSSR count). The highest BCUT2D eigenvalue weighted by molar-refractivity contribution is 5.80. The van der Waals surface area contributed by atoms with Crippen LogP contribution in [-0.2, 0) is 6.54 Å². The second kappa shape index (κ2) is 5.27. The maximum atomic E-state index is 12.8. The number of fused-ring (bicyclic) bond motifs is 1. The van der Waals surface area contributed by atoms with Gasteiger partial charge in [-0.25, -0.2) is 4.39 Å². The lowest BCUT2D eigenvalue weighted by Gasteiger charge is -2.07. The zero-order valence-corrected chi connectivity index (χ0v) is 10.7. The van der Waals surface area contributed by atoms with E-state index in [4.69, 9.17) is 10.5 Å². The van der Waals surface area contributed by atoms with Gasteiger partial charge in [0.2, 0.25) is 0 Å². The first-order valence-electron chi connectivity index (χ1n) is 6.28. The van der Waals surface area contributed by atoms with Gasteiger partial charge in [-0.3, -0.25) is 4.98 Å². The van der Waals surface area contributed by atoms with Crippen LogP contribution in [0.15, 0.2) is 54.6 Å². The number of hydrogen-bond donors (Lipinski definition) is 1. The zero-order valence-electron chi connectivity index (χ0n) is 10.7. The van der Waals surface area contributed by atoms with Crippen LogP contribution in [0.2, 0.25) is 0 Å². The van der Waals surface area contributed by atoms with Crippen LogP contribution in [0, 0.1) is 5.82 Å². The van der Waals surface area contributed by atoms with Gasteiger partial charge < -0.3 is 10.5 Å². The van der Waals surface area contributed by atoms with E-state index in [-0.39, 0.29) is 5.82 Å². The number of aromatic nitrogens is 1. The average Bonchev–Trinajstić information content (AvgIpc) is 2.49. The van der Waals surface area contributed by atoms with Crippen molar-refractivity contribution in [2.75, 3.05) is 0 Å². The molecule has 0 aliphatic heterocycles. The van der Waals surface area contributed by atoms with Crippen molar-refractivity contribution < 1.29 is 9.13 Å². The van der Waals surface area contributed by atoms with Crippen molar-refractivity contribution in [2.45, 2.75) is 6.54 Å². The fourth-order valence-electron chi connectivity index (χ4n) is 1.96. The molecule has 3 aromatic rings. The van der Waals surface area contributed by atoms with E-state index in [9.17, 15) is 4.39 Å². The topological polar surface area (TPSA) is 48.1 Å². The Hall–Kier alpha value is -2.46. The van der Waals surface area contributed by atoms with Gasteiger partial charge in [-0.2, -0.15) is 0 Å². The molecule has 0 unspecified atom stereocenters. The quantitative estimate of drug-likeness (QED) is 0.789. The van der Waals surface area contributed by atoms with Crippen molar-refractivity contribution in [1.82, 2.24) is 4.98 Å². The highest BCUT2D eigenvalue weighted by atomic mass is 19.1. The van der Waals surface area contributed by atoms with E-state index in [1.54, 1.807) is 12.1 Å². The van der Waals surface area contributed by atoms with Crippen LogP contribution in [0.4, 0.5) is 4.39 Å². The highest BCUT2D eigenvalue weighted by Crippen LogP contribution is 2.25. The molecule has 4 heteroatoms. The Kier molecular flexibility index (Phi) is 3.31. The average molecular weight is 268 g/mol. The van der Waals surface area contributed by atoms with Crippen molar-refractivity contribution in [2.24, 2.45) is 5.73 Å². The van der Waals surface area contributed by atoms with Gasteiger partial charge in [0.25, 0.3) is 0 Å². The van der Waals surface area contributed by atoms with E-state index in [1.165, 1.54) is 12.1 Å². The van der Waals surface area contributed by atoms with Gasteiger partial charge in [0, 0.05) is 11.9 Å². The maximum Gasteiger partial charge on any atom is 0.128 e. The first kappa shape index (κ1) is 12.6. The van der Waals surface area contributed by atoms with Crippen LogP contribution in [0.5, 0.6) is 11.5 Å². The molecule has 0 bridgehead atoms. The Labute approximate surface area is 115 Å². The summed E-state index contributed by atoms with van der Waals surface area (Å²) in [7, 11) is 0. The van der Waals surface area contributed by atoms with Gasteiger partial charge in [-0.15, -0.1) is 0 Å². The number of pyridine rings is 1. The van der Waals surface area contributed by atoms with Gasteiger partial charge in [0.1, 0.15) is 17.3 Å². The maximum absolute atomic E-state index is 12.8. The highest BCUT2D eigenvalue weighted by Gasteiger charge is 2.02. The van der Waals surface area contributed by atoms with E-state index in [1.807, 2.05) is 30.3 Å². The van der Waals surface area contributed by atoms with Gasteiger partial charge in [0.05, 0.1) is 11.2 Å². The molecule has 3 nitrogen and oxygen atoms in total. The van der Waals surface area contributed by atoms with Gasteiger partial charge >= 0.3 is 0 Å². The number of nitrogens with two attached hydrogens (primary N) is 1. The molecule has 0 atom stereocenters. The summed E-state index contributed by atoms with van der Waals surface area (Å²) in [6, 6.07) is 15.4. The van der Waals surface area contributed by atoms with Crippen LogP contribution in [-0.4, -0.2) is 4.98 Å². The Morgan fingerprint density at radius 1 is 0.950 bits per heavy atom. The van der Waals surface area contributed by atoms with E-state index in [0.717, 1.165) is 16.6 Å². The lowest BCUT2D eigenvalue weighted by molar-refractivity contribution is 0.481. The van der Waals surface area contributed by atoms with Crippen LogP contribution < -0.4 is 10.5 Å². The summed E-state index contributed by atoms with van der Waals surface area (Å²) in [6.07, 6.45) is 0. The minimum absolute atomic E-state index is 0.283. The number of benzene rings is 2. The first-order valence-corrected chi connectivity index (χ1v) is 6.28. The summed E-state index contributed by atoms with van der Waals surface area (Å²) in [4.78, 5) is 4.42. The Morgan fingerprint density at radius 3 is 2.45 bits per heavy atom. The molecular weight excluding hydrogens is 255 g/mol. The Morgan fingerprint density at radius 2 is 1.70 bits per heavy atom. The molecule has 100 valence electrons. The lowest BCUT2D eigenvalue weighted by atomic mass is 10.2. The minimum atomic E-state index is -0.283. The number of halogens is 1. The van der Waals surface area contributed by atoms with Crippen LogP contribution in [0.3, 0.4) is 0 Å². The molecule has 2 aromatic carbocycles. The predicted octanol–water partition coefficient (Wildman–Crippen LogP) is 3.62. The first-order chi connectivity index (χ1) is 9.74. The fraction of sp³-hybridized carbons (Fsp3) is 0.0625. The SMILES string of the molecule is NCc1ccc2cc(Oc3ccc(F)cc3)ccc2n1. The number of rotatable bonds is 3. The molecule has 0 fully saturated rings. The summed E-state index contributed by atoms with van der Waals surface area (Å²) in [5.74, 6) is 0.998. The normalized spacial score (nSPS) is 10.7. The molecular formula is C16H13FN2O. The van der Waals surface area contributed by atoms with Crippen molar-refractivity contribution >= 4 is 10.9 Å². The molecule has 0 saturated heterocycles. The van der Waals surface area contributed by atoms with Crippen LogP contribution >= 0.6 is 0 Å². The fourth-order valence-corrected chi connectivity index (χ4v) is 1.96. The van der Waals surface area contributed by atoms with Crippen molar-refractivity contribution in [3.8, 4) is 11.5 Å². The molecule has 1 heterocycles. The second-order valence-corrected chi connectivity index (χ2v) is 4.42. The minimum Gasteiger partial charge on any atom is -0.457 e. The van der Waals surface area contributed by atoms with E-state index < -0.39 is 0 Å². The van der Waals surface area contributed by atoms with Gasteiger partial charge in [0.15, 0.2) is 0 Å². The van der Waals surface area contributed by atoms with E-state index in [0.29, 0.717) is 18.0 Å². The molecule has 1 aromatic heterocycles. The second-order valence-electron chi connectivity index (χ2n) is 4.42. The third-order valence-corrected chi connectivity index (χ3v) is 2.98. The molecule has 0 radical (unpaired) electrons. The zero-order chi connectivity index (χ0) is 13.9. The monoisotopic (exact) mass is 268 g/mol. The van der Waals surface area contributed by atoms with E-state index in [2.05, 4.69) is 4.98 Å². The number of nitrogens with zero attached hydrogens (tertiary/aromatic N) is 1. The van der Waals surface area contributed by atoms with Crippen molar-refractivity contribution in [1.29, 1.82) is 0 Å². The van der Waals surface area contributed by atoms with Crippen LogP contribution in [0.25, 0.3) is 10.9 Å². The Bertz CT molecular complexity index is 741. The molecule has 0 aliphatic rings. The molecule has 0 aliphatic carbocycles.